The second-order valence-electron chi connectivity index (χ2n) is 15.7. The van der Waals surface area contributed by atoms with E-state index in [0.29, 0.717) is 13.1 Å². The predicted octanol–water partition coefficient (Wildman–Crippen LogP) is 7.44. The lowest BCUT2D eigenvalue weighted by molar-refractivity contribution is -0.136. The van der Waals surface area contributed by atoms with Gasteiger partial charge in [-0.3, -0.25) is 9.59 Å². The van der Waals surface area contributed by atoms with E-state index in [0.717, 1.165) is 82.3 Å². The first-order valence-corrected chi connectivity index (χ1v) is 21.0. The first-order valence-electron chi connectivity index (χ1n) is 19.9. The molecule has 4 aromatic rings. The van der Waals surface area contributed by atoms with Crippen LogP contribution in [0.15, 0.2) is 54.2 Å². The summed E-state index contributed by atoms with van der Waals surface area (Å²) in [6.45, 7) is 8.81. The smallest absolute Gasteiger partial charge is 0.407 e. The molecule has 0 spiro atoms. The lowest BCUT2D eigenvalue weighted by atomic mass is 9.91. The number of rotatable bonds is 11. The van der Waals surface area contributed by atoms with Gasteiger partial charge in [0, 0.05) is 24.4 Å². The Bertz CT molecular complexity index is 2180. The van der Waals surface area contributed by atoms with E-state index in [4.69, 9.17) is 19.4 Å². The van der Waals surface area contributed by atoms with E-state index >= 15 is 0 Å². The molecule has 2 fully saturated rings. The van der Waals surface area contributed by atoms with Gasteiger partial charge in [-0.05, 0) is 76.8 Å². The Kier molecular flexibility index (Phi) is 12.3. The molecule has 3 aliphatic rings. The number of carbonyl (C=O) groups excluding carboxylic acids is 4. The minimum atomic E-state index is -0.695. The molecule has 14 nitrogen and oxygen atoms in total. The number of methoxy groups -OCH3 is 2. The first-order chi connectivity index (χ1) is 28.0. The van der Waals surface area contributed by atoms with Crippen LogP contribution in [0.3, 0.4) is 0 Å². The van der Waals surface area contributed by atoms with Gasteiger partial charge in [0.05, 0.1) is 50.1 Å². The summed E-state index contributed by atoms with van der Waals surface area (Å²) in [6, 6.07) is 10.9. The highest BCUT2D eigenvalue weighted by atomic mass is 32.2. The number of hydrogen-bond acceptors (Lipinski definition) is 9. The van der Waals surface area contributed by atoms with Gasteiger partial charge in [0.1, 0.15) is 23.7 Å². The maximum absolute atomic E-state index is 13.7. The molecule has 15 heteroatoms. The molecule has 0 saturated carbocycles. The summed E-state index contributed by atoms with van der Waals surface area (Å²) in [5.41, 5.74) is 8.38. The Balaban J connectivity index is 1.08. The zero-order valence-corrected chi connectivity index (χ0v) is 34.7. The minimum absolute atomic E-state index is 0.109. The summed E-state index contributed by atoms with van der Waals surface area (Å²) in [5, 5.41) is 7.56. The van der Waals surface area contributed by atoms with Crippen LogP contribution in [0.5, 0.6) is 0 Å². The van der Waals surface area contributed by atoms with E-state index in [1.807, 2.05) is 49.9 Å². The van der Waals surface area contributed by atoms with Crippen molar-refractivity contribution < 1.29 is 28.7 Å². The van der Waals surface area contributed by atoms with Crippen molar-refractivity contribution in [1.82, 2.24) is 40.4 Å². The monoisotopic (exact) mass is 808 g/mol. The van der Waals surface area contributed by atoms with Crippen molar-refractivity contribution in [3.05, 3.63) is 77.0 Å². The van der Waals surface area contributed by atoms with Gasteiger partial charge in [0.2, 0.25) is 11.8 Å². The van der Waals surface area contributed by atoms with E-state index < -0.39 is 24.3 Å². The second kappa shape index (κ2) is 17.5. The number of nitrogens with zero attached hydrogens (tertiary/aromatic N) is 4. The van der Waals surface area contributed by atoms with Crippen LogP contribution >= 0.6 is 11.8 Å². The van der Waals surface area contributed by atoms with Gasteiger partial charge in [-0.25, -0.2) is 19.6 Å². The summed E-state index contributed by atoms with van der Waals surface area (Å²) >= 11 is 1.75. The van der Waals surface area contributed by atoms with Crippen molar-refractivity contribution in [2.45, 2.75) is 83.3 Å². The molecule has 2 aromatic carbocycles. The number of H-pyrrole nitrogens is 2. The number of imidazole rings is 2. The number of thioether (sulfide) groups is 1. The molecule has 0 aliphatic carbocycles. The highest BCUT2D eigenvalue weighted by molar-refractivity contribution is 8.01. The number of fused-ring (bicyclic) bond motifs is 1. The predicted molar refractivity (Wildman–Crippen MR) is 223 cm³/mol. The highest BCUT2D eigenvalue weighted by Gasteiger charge is 2.39. The quantitative estimate of drug-likeness (QED) is 0.120. The maximum Gasteiger partial charge on any atom is 0.407 e. The van der Waals surface area contributed by atoms with Gasteiger partial charge in [0.15, 0.2) is 0 Å². The summed E-state index contributed by atoms with van der Waals surface area (Å²) in [5.74, 6) is 1.77. The van der Waals surface area contributed by atoms with Crippen molar-refractivity contribution in [1.29, 1.82) is 0 Å². The van der Waals surface area contributed by atoms with Gasteiger partial charge in [-0.1, -0.05) is 64.1 Å². The van der Waals surface area contributed by atoms with Gasteiger partial charge in [-0.15, -0.1) is 11.8 Å². The summed E-state index contributed by atoms with van der Waals surface area (Å²) in [7, 11) is 2.59. The van der Waals surface area contributed by atoms with Crippen molar-refractivity contribution >= 4 is 41.8 Å². The fraction of sp³-hybridized carbons (Fsp3) is 0.442. The molecule has 2 saturated heterocycles. The Morgan fingerprint density at radius 2 is 1.22 bits per heavy atom. The third-order valence-corrected chi connectivity index (χ3v) is 12.2. The van der Waals surface area contributed by atoms with Crippen LogP contribution in [0.2, 0.25) is 0 Å². The van der Waals surface area contributed by atoms with Crippen molar-refractivity contribution in [2.24, 2.45) is 11.8 Å². The van der Waals surface area contributed by atoms with Gasteiger partial charge < -0.3 is 39.9 Å². The maximum atomic E-state index is 13.7. The Labute approximate surface area is 342 Å². The Hall–Kier alpha value is -5.57. The average Bonchev–Trinajstić information content (AvgIpc) is 4.08. The molecular weight excluding hydrogens is 757 g/mol. The largest absolute Gasteiger partial charge is 0.453 e. The van der Waals surface area contributed by atoms with E-state index in [1.54, 1.807) is 11.8 Å². The minimum Gasteiger partial charge on any atom is -0.453 e. The Morgan fingerprint density at radius 3 is 1.76 bits per heavy atom. The zero-order chi connectivity index (χ0) is 41.1. The number of aromatic nitrogens is 4. The van der Waals surface area contributed by atoms with Crippen LogP contribution in [0.4, 0.5) is 9.59 Å². The van der Waals surface area contributed by atoms with Crippen LogP contribution in [0, 0.1) is 11.8 Å². The van der Waals surface area contributed by atoms with Crippen LogP contribution in [0.25, 0.3) is 39.7 Å². The third-order valence-electron chi connectivity index (χ3n) is 11.4. The van der Waals surface area contributed by atoms with Crippen molar-refractivity contribution in [2.75, 3.05) is 27.3 Å². The van der Waals surface area contributed by atoms with Crippen LogP contribution in [-0.4, -0.2) is 93.1 Å². The molecule has 0 radical (unpaired) electrons. The summed E-state index contributed by atoms with van der Waals surface area (Å²) < 4.78 is 9.56. The molecule has 306 valence electrons. The molecule has 7 rings (SSSR count). The SMILES string of the molecule is COC(=O)NC(C(=O)N1CCCC1c1ncc(-c2ccc(-c3ccc(-c4cnc(C5CCCN5C(=O)C(NC(=O)OC)C(C)C)[nH]4)c4c3C=CSC4)cc2)[nH]1)C(C)C. The summed E-state index contributed by atoms with van der Waals surface area (Å²) in [6.07, 6.45) is 7.85. The van der Waals surface area contributed by atoms with E-state index in [-0.39, 0.29) is 35.7 Å². The molecule has 3 aliphatic heterocycles. The van der Waals surface area contributed by atoms with Gasteiger partial charge in [-0.2, -0.15) is 0 Å². The Morgan fingerprint density at radius 1 is 0.724 bits per heavy atom. The van der Waals surface area contributed by atoms with E-state index in [2.05, 4.69) is 68.5 Å². The number of ether oxygens (including phenoxy) is 2. The number of carbonyl (C=O) groups is 4. The summed E-state index contributed by atoms with van der Waals surface area (Å²) in [4.78, 5) is 71.5. The third kappa shape index (κ3) is 8.22. The molecule has 4 amide bonds. The lowest BCUT2D eigenvalue weighted by Gasteiger charge is -2.30. The molecule has 0 bridgehead atoms. The van der Waals surface area contributed by atoms with Crippen LogP contribution in [0.1, 0.15) is 88.2 Å². The molecule has 2 aromatic heterocycles. The number of aromatic amines is 2. The lowest BCUT2D eigenvalue weighted by Crippen LogP contribution is -2.51. The van der Waals surface area contributed by atoms with Crippen LogP contribution in [-0.2, 0) is 24.8 Å². The molecule has 58 heavy (non-hydrogen) atoms. The number of benzene rings is 2. The molecule has 4 N–H and O–H groups in total. The molecule has 4 atom stereocenters. The average molecular weight is 809 g/mol. The first kappa shape index (κ1) is 40.6. The second-order valence-corrected chi connectivity index (χ2v) is 16.6. The molecule has 4 unspecified atom stereocenters. The number of hydrogen-bond donors (Lipinski definition) is 4. The zero-order valence-electron chi connectivity index (χ0n) is 33.8. The standard InChI is InChI=1S/C43H52N8O6S/c1-24(2)36(48-42(54)56-5)40(52)50-18-7-9-34(50)38-44-21-32(46-38)27-13-11-26(12-14-27)28-15-16-30(31-23-58-20-17-29(28)31)33-22-45-39(47-33)35-10-8-19-51(35)41(53)37(25(3)4)49-43(55)57-6/h11-17,20-22,24-25,34-37H,7-10,18-19,23H2,1-6H3,(H,44,46)(H,45,47)(H,48,54)(H,49,55). The number of nitrogens with one attached hydrogen (secondary N) is 4. The van der Waals surface area contributed by atoms with Gasteiger partial charge >= 0.3 is 12.2 Å². The molecule has 5 heterocycles. The fourth-order valence-corrected chi connectivity index (χ4v) is 9.08. The molecular formula is C43H52N8O6S. The van der Waals surface area contributed by atoms with Crippen LogP contribution < -0.4 is 10.6 Å². The van der Waals surface area contributed by atoms with Gasteiger partial charge in [0.25, 0.3) is 0 Å². The van der Waals surface area contributed by atoms with Crippen molar-refractivity contribution in [3.63, 3.8) is 0 Å². The fourth-order valence-electron chi connectivity index (χ4n) is 8.27. The number of amides is 4. The van der Waals surface area contributed by atoms with Crippen molar-refractivity contribution in [3.8, 4) is 33.6 Å². The normalized spacial score (nSPS) is 18.6. The van der Waals surface area contributed by atoms with E-state index in [1.165, 1.54) is 19.8 Å². The topological polar surface area (TPSA) is 175 Å². The number of likely N-dealkylation sites (tertiary alicyclic amines) is 2. The number of alkyl carbamates (subject to hydrolysis) is 2. The highest BCUT2D eigenvalue weighted by Crippen LogP contribution is 2.41. The van der Waals surface area contributed by atoms with E-state index in [9.17, 15) is 19.2 Å².